The van der Waals surface area contributed by atoms with Gasteiger partial charge in [0.05, 0.1) is 11.6 Å². The van der Waals surface area contributed by atoms with E-state index in [1.807, 2.05) is 66.7 Å². The van der Waals surface area contributed by atoms with E-state index in [-0.39, 0.29) is 5.41 Å². The summed E-state index contributed by atoms with van der Waals surface area (Å²) in [6, 6.07) is 62.0. The summed E-state index contributed by atoms with van der Waals surface area (Å²) in [5.41, 5.74) is 16.0. The third-order valence-electron chi connectivity index (χ3n) is 11.8. The minimum atomic E-state index is 0.0340. The molecule has 1 saturated carbocycles. The second-order valence-corrected chi connectivity index (χ2v) is 15.0. The van der Waals surface area contributed by atoms with Gasteiger partial charge in [-0.2, -0.15) is 5.26 Å². The first-order valence-electron chi connectivity index (χ1n) is 19.5. The molecule has 1 aromatic heterocycles. The first kappa shape index (κ1) is 33.6. The van der Waals surface area contributed by atoms with Gasteiger partial charge in [0.15, 0.2) is 17.5 Å². The summed E-state index contributed by atoms with van der Waals surface area (Å²) in [5.74, 6) is 1.94. The molecule has 0 radical (unpaired) electrons. The fraction of sp³-hybridized carbons (Fsp3) is 0.115. The van der Waals surface area contributed by atoms with Gasteiger partial charge in [-0.05, 0) is 92.7 Å². The number of aromatic nitrogens is 3. The van der Waals surface area contributed by atoms with Gasteiger partial charge in [-0.1, -0.05) is 165 Å². The van der Waals surface area contributed by atoms with Crippen molar-refractivity contribution < 1.29 is 0 Å². The van der Waals surface area contributed by atoms with E-state index in [4.69, 9.17) is 15.0 Å². The van der Waals surface area contributed by atoms with Crippen LogP contribution >= 0.6 is 0 Å². The Hall–Kier alpha value is -6.96. The van der Waals surface area contributed by atoms with Gasteiger partial charge in [-0.25, -0.2) is 15.0 Å². The molecule has 10 rings (SSSR count). The zero-order valence-corrected chi connectivity index (χ0v) is 31.0. The summed E-state index contributed by atoms with van der Waals surface area (Å²) in [4.78, 5) is 14.7. The van der Waals surface area contributed by atoms with Crippen LogP contribution in [0.25, 0.3) is 78.7 Å². The van der Waals surface area contributed by atoms with Crippen molar-refractivity contribution in [2.24, 2.45) is 0 Å². The highest BCUT2D eigenvalue weighted by atomic mass is 15.0. The van der Waals surface area contributed by atoms with Crippen LogP contribution in [-0.2, 0) is 5.41 Å². The van der Waals surface area contributed by atoms with Crippen LogP contribution in [0.15, 0.2) is 170 Å². The summed E-state index contributed by atoms with van der Waals surface area (Å²) >= 11 is 0. The average Bonchev–Trinajstić information content (AvgIpc) is 3.55. The van der Waals surface area contributed by atoms with Crippen molar-refractivity contribution in [3.8, 4) is 84.7 Å². The number of hydrogen-bond acceptors (Lipinski definition) is 4. The predicted octanol–water partition coefficient (Wildman–Crippen LogP) is 13.0. The zero-order chi connectivity index (χ0) is 37.5. The predicted molar refractivity (Wildman–Crippen MR) is 226 cm³/mol. The molecule has 0 saturated heterocycles. The second-order valence-electron chi connectivity index (χ2n) is 15.0. The van der Waals surface area contributed by atoms with E-state index in [0.717, 1.165) is 51.8 Å². The average molecular weight is 719 g/mol. The van der Waals surface area contributed by atoms with Crippen molar-refractivity contribution in [3.63, 3.8) is 0 Å². The van der Waals surface area contributed by atoms with Crippen LogP contribution in [0.4, 0.5) is 0 Å². The topological polar surface area (TPSA) is 62.5 Å². The molecule has 8 aromatic rings. The molecule has 4 nitrogen and oxygen atoms in total. The van der Waals surface area contributed by atoms with Crippen molar-refractivity contribution in [1.29, 1.82) is 5.26 Å². The number of hydrogen-bond donors (Lipinski definition) is 0. The second kappa shape index (κ2) is 14.0. The van der Waals surface area contributed by atoms with Crippen molar-refractivity contribution >= 4 is 0 Å². The molecule has 0 aliphatic heterocycles. The Balaban J connectivity index is 0.991. The minimum absolute atomic E-state index is 0.0340. The molecule has 0 N–H and O–H groups in total. The van der Waals surface area contributed by atoms with E-state index in [0.29, 0.717) is 17.5 Å². The van der Waals surface area contributed by atoms with Crippen molar-refractivity contribution in [2.75, 3.05) is 0 Å². The lowest BCUT2D eigenvalue weighted by molar-refractivity contribution is 0.353. The standard InChI is InChI=1S/C52H38N4/c53-34-35-23-28-46-45(31-35)48-44(21-12-22-47(48)52(46)29-8-3-9-30-52)43-20-11-19-42(33-43)41-18-10-17-40(32-41)36-24-26-39(27-25-36)51-55-49(37-13-4-1-5-14-37)54-50(56-51)38-15-6-2-7-16-38/h1-2,4-7,10-28,31-33H,3,8-9,29-30H2. The maximum absolute atomic E-state index is 9.88. The molecule has 1 heterocycles. The fourth-order valence-electron chi connectivity index (χ4n) is 9.05. The lowest BCUT2D eigenvalue weighted by Crippen LogP contribution is -2.28. The van der Waals surface area contributed by atoms with Crippen LogP contribution in [0.2, 0.25) is 0 Å². The quantitative estimate of drug-likeness (QED) is 0.172. The molecule has 2 aliphatic carbocycles. The molecular weight excluding hydrogens is 681 g/mol. The Morgan fingerprint density at radius 2 is 0.893 bits per heavy atom. The van der Waals surface area contributed by atoms with E-state index in [2.05, 4.69) is 109 Å². The van der Waals surface area contributed by atoms with Gasteiger partial charge in [0, 0.05) is 22.1 Å². The van der Waals surface area contributed by atoms with Gasteiger partial charge in [-0.3, -0.25) is 0 Å². The highest BCUT2D eigenvalue weighted by molar-refractivity contribution is 5.94. The highest BCUT2D eigenvalue weighted by Crippen LogP contribution is 2.58. The lowest BCUT2D eigenvalue weighted by Gasteiger charge is -2.36. The van der Waals surface area contributed by atoms with Gasteiger partial charge >= 0.3 is 0 Å². The molecule has 0 amide bonds. The summed E-state index contributed by atoms with van der Waals surface area (Å²) in [6.07, 6.45) is 6.08. The molecule has 2 aliphatic rings. The number of benzene rings is 7. The molecule has 1 spiro atoms. The summed E-state index contributed by atoms with van der Waals surface area (Å²) in [5, 5.41) is 9.88. The summed E-state index contributed by atoms with van der Waals surface area (Å²) < 4.78 is 0. The maximum atomic E-state index is 9.88. The Morgan fingerprint density at radius 1 is 0.393 bits per heavy atom. The van der Waals surface area contributed by atoms with E-state index >= 15 is 0 Å². The van der Waals surface area contributed by atoms with Gasteiger partial charge in [0.25, 0.3) is 0 Å². The Morgan fingerprint density at radius 3 is 1.50 bits per heavy atom. The first-order chi connectivity index (χ1) is 27.7. The highest BCUT2D eigenvalue weighted by Gasteiger charge is 2.44. The van der Waals surface area contributed by atoms with E-state index in [1.54, 1.807) is 0 Å². The van der Waals surface area contributed by atoms with Crippen LogP contribution in [0, 0.1) is 11.3 Å². The molecule has 0 unspecified atom stereocenters. The van der Waals surface area contributed by atoms with E-state index < -0.39 is 0 Å². The number of nitriles is 1. The lowest BCUT2D eigenvalue weighted by atomic mass is 9.67. The van der Waals surface area contributed by atoms with Gasteiger partial charge < -0.3 is 0 Å². The monoisotopic (exact) mass is 718 g/mol. The Labute approximate surface area is 327 Å². The smallest absolute Gasteiger partial charge is 0.164 e. The largest absolute Gasteiger partial charge is 0.208 e. The van der Waals surface area contributed by atoms with Gasteiger partial charge in [-0.15, -0.1) is 0 Å². The molecule has 0 bridgehead atoms. The number of fused-ring (bicyclic) bond motifs is 5. The van der Waals surface area contributed by atoms with Gasteiger partial charge in [0.1, 0.15) is 0 Å². The molecule has 4 heteroatoms. The minimum Gasteiger partial charge on any atom is -0.208 e. The van der Waals surface area contributed by atoms with Crippen molar-refractivity contribution in [2.45, 2.75) is 37.5 Å². The maximum Gasteiger partial charge on any atom is 0.164 e. The molecule has 0 atom stereocenters. The molecular formula is C52H38N4. The van der Waals surface area contributed by atoms with E-state index in [9.17, 15) is 5.26 Å². The molecule has 1 fully saturated rings. The fourth-order valence-corrected chi connectivity index (χ4v) is 9.05. The summed E-state index contributed by atoms with van der Waals surface area (Å²) in [6.45, 7) is 0. The summed E-state index contributed by atoms with van der Waals surface area (Å²) in [7, 11) is 0. The van der Waals surface area contributed by atoms with Crippen molar-refractivity contribution in [1.82, 2.24) is 15.0 Å². The normalized spacial score (nSPS) is 13.8. The van der Waals surface area contributed by atoms with Crippen LogP contribution in [-0.4, -0.2) is 15.0 Å². The van der Waals surface area contributed by atoms with Crippen LogP contribution in [0.5, 0.6) is 0 Å². The molecule has 56 heavy (non-hydrogen) atoms. The molecule has 7 aromatic carbocycles. The van der Waals surface area contributed by atoms with Crippen molar-refractivity contribution in [3.05, 3.63) is 187 Å². The van der Waals surface area contributed by atoms with E-state index in [1.165, 1.54) is 58.2 Å². The Bertz CT molecular complexity index is 2720. The molecule has 266 valence electrons. The first-order valence-corrected chi connectivity index (χ1v) is 19.5. The van der Waals surface area contributed by atoms with Gasteiger partial charge in [0.2, 0.25) is 0 Å². The third-order valence-corrected chi connectivity index (χ3v) is 11.8. The van der Waals surface area contributed by atoms with Crippen LogP contribution < -0.4 is 0 Å². The SMILES string of the molecule is N#Cc1ccc2c(c1)-c1c(-c3cccc(-c4cccc(-c5ccc(-c6nc(-c7ccccc7)nc(-c7ccccc7)n6)cc5)c4)c3)cccc1C21CCCCC1. The zero-order valence-electron chi connectivity index (χ0n) is 31.0. The number of nitrogens with zero attached hydrogens (tertiary/aromatic N) is 4. The Kier molecular flexibility index (Phi) is 8.42. The number of rotatable bonds is 6. The third kappa shape index (κ3) is 5.90. The van der Waals surface area contributed by atoms with Crippen LogP contribution in [0.3, 0.4) is 0 Å². The van der Waals surface area contributed by atoms with Crippen LogP contribution in [0.1, 0.15) is 48.8 Å².